The molecule has 0 saturated heterocycles. The Labute approximate surface area is 152 Å². The maximum absolute atomic E-state index is 14.0. The highest BCUT2D eigenvalue weighted by atomic mass is 19.1. The van der Waals surface area contributed by atoms with Crippen molar-refractivity contribution in [2.75, 3.05) is 13.2 Å². The van der Waals surface area contributed by atoms with Crippen LogP contribution in [0.2, 0.25) is 0 Å². The van der Waals surface area contributed by atoms with E-state index in [2.05, 4.69) is 10.6 Å². The van der Waals surface area contributed by atoms with Crippen molar-refractivity contribution in [3.8, 4) is 11.8 Å². The first kappa shape index (κ1) is 21.2. The summed E-state index contributed by atoms with van der Waals surface area (Å²) in [6, 6.07) is 4.32. The van der Waals surface area contributed by atoms with Crippen LogP contribution in [0.25, 0.3) is 0 Å². The average molecular weight is 365 g/mol. The first-order valence-electron chi connectivity index (χ1n) is 8.25. The molecular weight excluding hydrogens is 341 g/mol. The second-order valence-electron chi connectivity index (χ2n) is 6.46. The summed E-state index contributed by atoms with van der Waals surface area (Å²) in [6.07, 6.45) is -0.285. The van der Waals surface area contributed by atoms with Crippen LogP contribution in [0.15, 0.2) is 12.1 Å². The van der Waals surface area contributed by atoms with E-state index in [-0.39, 0.29) is 36.9 Å². The monoisotopic (exact) mass is 365 g/mol. The van der Waals surface area contributed by atoms with Gasteiger partial charge >= 0.3 is 6.09 Å². The summed E-state index contributed by atoms with van der Waals surface area (Å²) in [7, 11) is 0. The van der Waals surface area contributed by atoms with Gasteiger partial charge in [0.05, 0.1) is 18.2 Å². The molecule has 0 saturated carbocycles. The molecule has 1 aromatic carbocycles. The Morgan fingerprint density at radius 1 is 1.27 bits per heavy atom. The molecule has 26 heavy (non-hydrogen) atoms. The van der Waals surface area contributed by atoms with Crippen molar-refractivity contribution < 1.29 is 23.5 Å². The number of carbonyl (C=O) groups excluding carboxylic acids is 2. The quantitative estimate of drug-likeness (QED) is 0.724. The smallest absolute Gasteiger partial charge is 0.407 e. The molecule has 0 radical (unpaired) electrons. The molecule has 7 nitrogen and oxygen atoms in total. The van der Waals surface area contributed by atoms with Crippen LogP contribution in [-0.2, 0) is 16.1 Å². The predicted octanol–water partition coefficient (Wildman–Crippen LogP) is 2.63. The Morgan fingerprint density at radius 2 is 1.96 bits per heavy atom. The van der Waals surface area contributed by atoms with Crippen molar-refractivity contribution >= 4 is 12.0 Å². The summed E-state index contributed by atoms with van der Waals surface area (Å²) in [4.78, 5) is 22.9. The van der Waals surface area contributed by atoms with Crippen LogP contribution in [0.1, 0.15) is 45.2 Å². The minimum absolute atomic E-state index is 0.0167. The van der Waals surface area contributed by atoms with E-state index in [1.165, 1.54) is 6.07 Å². The third-order valence-electron chi connectivity index (χ3n) is 3.10. The third-order valence-corrected chi connectivity index (χ3v) is 3.10. The Kier molecular flexibility index (Phi) is 7.84. The van der Waals surface area contributed by atoms with E-state index < -0.39 is 17.5 Å². The largest absolute Gasteiger partial charge is 0.489 e. The van der Waals surface area contributed by atoms with Gasteiger partial charge in [0, 0.05) is 13.0 Å². The van der Waals surface area contributed by atoms with Gasteiger partial charge in [0.25, 0.3) is 0 Å². The lowest BCUT2D eigenvalue weighted by Crippen LogP contribution is -2.34. The molecule has 0 unspecified atom stereocenters. The SMILES string of the molecule is CCC(=O)NCc1cc(OCCNC(=O)OC(C)(C)C)c(F)cc1C#N. The molecule has 0 heterocycles. The van der Waals surface area contributed by atoms with E-state index in [1.54, 1.807) is 27.7 Å². The Hall–Kier alpha value is -2.82. The van der Waals surface area contributed by atoms with Crippen molar-refractivity contribution in [3.05, 3.63) is 29.1 Å². The molecule has 0 aliphatic rings. The highest BCUT2D eigenvalue weighted by Gasteiger charge is 2.16. The molecule has 0 fully saturated rings. The molecule has 0 aliphatic carbocycles. The number of nitrogens with one attached hydrogen (secondary N) is 2. The number of benzene rings is 1. The van der Waals surface area contributed by atoms with Gasteiger partial charge in [-0.05, 0) is 38.5 Å². The normalized spacial score (nSPS) is 10.6. The number of nitrogens with zero attached hydrogens (tertiary/aromatic N) is 1. The van der Waals surface area contributed by atoms with E-state index >= 15 is 0 Å². The molecule has 1 rings (SSSR count). The lowest BCUT2D eigenvalue weighted by Gasteiger charge is -2.19. The average Bonchev–Trinajstić information content (AvgIpc) is 2.56. The van der Waals surface area contributed by atoms with Gasteiger partial charge in [-0.3, -0.25) is 4.79 Å². The van der Waals surface area contributed by atoms with Gasteiger partial charge in [-0.1, -0.05) is 6.92 Å². The number of nitriles is 1. The minimum Gasteiger partial charge on any atom is -0.489 e. The van der Waals surface area contributed by atoms with Crippen molar-refractivity contribution in [3.63, 3.8) is 0 Å². The summed E-state index contributed by atoms with van der Waals surface area (Å²) < 4.78 is 24.4. The zero-order chi connectivity index (χ0) is 19.7. The van der Waals surface area contributed by atoms with E-state index in [9.17, 15) is 14.0 Å². The fraction of sp³-hybridized carbons (Fsp3) is 0.500. The van der Waals surface area contributed by atoms with Crippen LogP contribution in [-0.4, -0.2) is 30.8 Å². The second kappa shape index (κ2) is 9.61. The molecule has 1 aromatic rings. The van der Waals surface area contributed by atoms with Crippen molar-refractivity contribution in [1.29, 1.82) is 5.26 Å². The van der Waals surface area contributed by atoms with E-state index in [1.807, 2.05) is 6.07 Å². The molecule has 8 heteroatoms. The summed E-state index contributed by atoms with van der Waals surface area (Å²) in [5.41, 5.74) is -0.0360. The topological polar surface area (TPSA) is 100 Å². The molecule has 0 spiro atoms. The molecule has 0 atom stereocenters. The fourth-order valence-corrected chi connectivity index (χ4v) is 1.90. The highest BCUT2D eigenvalue weighted by molar-refractivity contribution is 5.75. The lowest BCUT2D eigenvalue weighted by molar-refractivity contribution is -0.120. The van der Waals surface area contributed by atoms with Gasteiger partial charge in [0.15, 0.2) is 11.6 Å². The number of ether oxygens (including phenoxy) is 2. The summed E-state index contributed by atoms with van der Waals surface area (Å²) in [5, 5.41) is 14.2. The maximum atomic E-state index is 14.0. The number of rotatable bonds is 7. The number of halogens is 1. The van der Waals surface area contributed by atoms with Gasteiger partial charge in [-0.2, -0.15) is 5.26 Å². The summed E-state index contributed by atoms with van der Waals surface area (Å²) in [5.74, 6) is -0.928. The van der Waals surface area contributed by atoms with Gasteiger partial charge in [0.1, 0.15) is 12.2 Å². The molecule has 2 N–H and O–H groups in total. The van der Waals surface area contributed by atoms with Crippen molar-refractivity contribution in [2.45, 2.75) is 46.3 Å². The van der Waals surface area contributed by atoms with Crippen LogP contribution < -0.4 is 15.4 Å². The van der Waals surface area contributed by atoms with E-state index in [0.29, 0.717) is 12.0 Å². The molecule has 0 bridgehead atoms. The number of alkyl carbamates (subject to hydrolysis) is 1. The van der Waals surface area contributed by atoms with Crippen LogP contribution >= 0.6 is 0 Å². The minimum atomic E-state index is -0.690. The first-order chi connectivity index (χ1) is 12.2. The Bertz CT molecular complexity index is 693. The molecule has 142 valence electrons. The van der Waals surface area contributed by atoms with Crippen molar-refractivity contribution in [2.24, 2.45) is 0 Å². The van der Waals surface area contributed by atoms with E-state index in [0.717, 1.165) is 6.07 Å². The zero-order valence-corrected chi connectivity index (χ0v) is 15.4. The summed E-state index contributed by atoms with van der Waals surface area (Å²) >= 11 is 0. The van der Waals surface area contributed by atoms with Gasteiger partial charge in [-0.25, -0.2) is 9.18 Å². The maximum Gasteiger partial charge on any atom is 0.407 e. The van der Waals surface area contributed by atoms with Crippen LogP contribution in [0.5, 0.6) is 5.75 Å². The van der Waals surface area contributed by atoms with Crippen LogP contribution in [0.3, 0.4) is 0 Å². The number of hydrogen-bond acceptors (Lipinski definition) is 5. The summed E-state index contributed by atoms with van der Waals surface area (Å²) in [6.45, 7) is 7.18. The molecule has 2 amide bonds. The molecular formula is C18H24FN3O4. The number of carbonyl (C=O) groups is 2. The Balaban J connectivity index is 2.65. The van der Waals surface area contributed by atoms with Gasteiger partial charge in [-0.15, -0.1) is 0 Å². The lowest BCUT2D eigenvalue weighted by atomic mass is 10.1. The second-order valence-corrected chi connectivity index (χ2v) is 6.46. The Morgan fingerprint density at radius 3 is 2.54 bits per heavy atom. The molecule has 0 aliphatic heterocycles. The fourth-order valence-electron chi connectivity index (χ4n) is 1.90. The molecule has 0 aromatic heterocycles. The number of amides is 2. The highest BCUT2D eigenvalue weighted by Crippen LogP contribution is 2.22. The standard InChI is InChI=1S/C18H24FN3O4/c1-5-16(23)22-11-13-9-15(14(19)8-12(13)10-20)25-7-6-21-17(24)26-18(2,3)4/h8-9H,5-7,11H2,1-4H3,(H,21,24)(H,22,23). The van der Waals surface area contributed by atoms with Crippen LogP contribution in [0, 0.1) is 17.1 Å². The van der Waals surface area contributed by atoms with Gasteiger partial charge in [0.2, 0.25) is 5.91 Å². The number of hydrogen-bond donors (Lipinski definition) is 2. The first-order valence-corrected chi connectivity index (χ1v) is 8.25. The van der Waals surface area contributed by atoms with Gasteiger partial charge < -0.3 is 20.1 Å². The third kappa shape index (κ3) is 7.38. The van der Waals surface area contributed by atoms with E-state index in [4.69, 9.17) is 14.7 Å². The van der Waals surface area contributed by atoms with Crippen molar-refractivity contribution in [1.82, 2.24) is 10.6 Å². The predicted molar refractivity (Wildman–Crippen MR) is 93.0 cm³/mol. The zero-order valence-electron chi connectivity index (χ0n) is 15.4. The van der Waals surface area contributed by atoms with Crippen LogP contribution in [0.4, 0.5) is 9.18 Å².